The highest BCUT2D eigenvalue weighted by molar-refractivity contribution is 5.77. The van der Waals surface area contributed by atoms with Gasteiger partial charge in [-0.25, -0.2) is 0 Å². The molecule has 2 unspecified atom stereocenters. The van der Waals surface area contributed by atoms with Crippen LogP contribution in [0.2, 0.25) is 0 Å². The maximum absolute atomic E-state index is 12.3. The molecule has 1 amide bonds. The first kappa shape index (κ1) is 14.9. The number of nitrogens with zero attached hydrogens (tertiary/aromatic N) is 2. The van der Waals surface area contributed by atoms with E-state index in [4.69, 9.17) is 5.73 Å². The minimum Gasteiger partial charge on any atom is -0.399 e. The number of likely N-dealkylation sites (tertiary alicyclic amines) is 1. The van der Waals surface area contributed by atoms with Crippen molar-refractivity contribution in [1.82, 2.24) is 9.80 Å². The van der Waals surface area contributed by atoms with E-state index < -0.39 is 0 Å². The maximum Gasteiger partial charge on any atom is 0.223 e. The molecule has 0 bridgehead atoms. The normalized spacial score (nSPS) is 20.4. The molecule has 2 rings (SSSR count). The van der Waals surface area contributed by atoms with E-state index >= 15 is 0 Å². The molecule has 4 nitrogen and oxygen atoms in total. The number of nitrogen functional groups attached to an aromatic ring is 1. The smallest absolute Gasteiger partial charge is 0.223 e. The third-order valence-electron chi connectivity index (χ3n) is 4.23. The zero-order valence-corrected chi connectivity index (χ0v) is 12.7. The predicted molar refractivity (Wildman–Crippen MR) is 82.6 cm³/mol. The van der Waals surface area contributed by atoms with Crippen molar-refractivity contribution < 1.29 is 4.79 Å². The second kappa shape index (κ2) is 6.27. The van der Waals surface area contributed by atoms with E-state index in [-0.39, 0.29) is 11.8 Å². The molecule has 1 heterocycles. The van der Waals surface area contributed by atoms with Crippen LogP contribution in [0.4, 0.5) is 5.69 Å². The molecule has 0 radical (unpaired) electrons. The average molecular weight is 275 g/mol. The fourth-order valence-electron chi connectivity index (χ4n) is 2.72. The van der Waals surface area contributed by atoms with E-state index in [9.17, 15) is 4.79 Å². The number of carbonyl (C=O) groups excluding carboxylic acids is 1. The van der Waals surface area contributed by atoms with Crippen molar-refractivity contribution in [2.24, 2.45) is 0 Å². The van der Waals surface area contributed by atoms with Gasteiger partial charge in [0.1, 0.15) is 0 Å². The molecule has 2 N–H and O–H groups in total. The van der Waals surface area contributed by atoms with Crippen LogP contribution < -0.4 is 5.73 Å². The molecule has 0 saturated carbocycles. The first-order chi connectivity index (χ1) is 9.47. The van der Waals surface area contributed by atoms with Gasteiger partial charge in [0.15, 0.2) is 0 Å². The first-order valence-electron chi connectivity index (χ1n) is 7.27. The second-order valence-electron chi connectivity index (χ2n) is 6.02. The summed E-state index contributed by atoms with van der Waals surface area (Å²) in [6.07, 6.45) is 1.65. The molecule has 20 heavy (non-hydrogen) atoms. The Morgan fingerprint density at radius 1 is 1.40 bits per heavy atom. The van der Waals surface area contributed by atoms with E-state index in [1.807, 2.05) is 29.2 Å². The van der Waals surface area contributed by atoms with Crippen molar-refractivity contribution in [2.75, 3.05) is 32.9 Å². The van der Waals surface area contributed by atoms with Gasteiger partial charge in [-0.2, -0.15) is 0 Å². The molecule has 1 aromatic rings. The van der Waals surface area contributed by atoms with Crippen LogP contribution in [0, 0.1) is 0 Å². The van der Waals surface area contributed by atoms with Gasteiger partial charge < -0.3 is 15.5 Å². The minimum absolute atomic E-state index is 0.238. The number of likely N-dealkylation sites (N-methyl/N-ethyl adjacent to an activating group) is 1. The molecule has 0 spiro atoms. The highest BCUT2D eigenvalue weighted by atomic mass is 16.2. The molecule has 0 aromatic heterocycles. The van der Waals surface area contributed by atoms with Gasteiger partial charge in [-0.3, -0.25) is 4.79 Å². The second-order valence-corrected chi connectivity index (χ2v) is 6.02. The largest absolute Gasteiger partial charge is 0.399 e. The van der Waals surface area contributed by atoms with Crippen LogP contribution in [-0.2, 0) is 4.79 Å². The number of nitrogens with two attached hydrogens (primary N) is 1. The average Bonchev–Trinajstić information content (AvgIpc) is 2.89. The van der Waals surface area contributed by atoms with Gasteiger partial charge in [0, 0.05) is 31.2 Å². The van der Waals surface area contributed by atoms with Crippen molar-refractivity contribution in [1.29, 1.82) is 0 Å². The Balaban J connectivity index is 1.90. The van der Waals surface area contributed by atoms with Crippen LogP contribution in [0.1, 0.15) is 31.2 Å². The molecule has 2 atom stereocenters. The molecule has 1 aromatic carbocycles. The monoisotopic (exact) mass is 275 g/mol. The van der Waals surface area contributed by atoms with E-state index in [1.165, 1.54) is 5.56 Å². The highest BCUT2D eigenvalue weighted by Crippen LogP contribution is 2.23. The third-order valence-corrected chi connectivity index (χ3v) is 4.23. The van der Waals surface area contributed by atoms with Crippen molar-refractivity contribution in [3.8, 4) is 0 Å². The summed E-state index contributed by atoms with van der Waals surface area (Å²) in [4.78, 5) is 16.6. The van der Waals surface area contributed by atoms with Crippen LogP contribution >= 0.6 is 0 Å². The Hall–Kier alpha value is -1.55. The molecule has 1 aliphatic rings. The number of benzene rings is 1. The SMILES string of the molecule is CC(CC(=O)N1CCC(N(C)C)C1)c1ccc(N)cc1. The van der Waals surface area contributed by atoms with Gasteiger partial charge >= 0.3 is 0 Å². The topological polar surface area (TPSA) is 49.6 Å². The van der Waals surface area contributed by atoms with Gasteiger partial charge in [-0.1, -0.05) is 19.1 Å². The van der Waals surface area contributed by atoms with Crippen LogP contribution in [0.5, 0.6) is 0 Å². The quantitative estimate of drug-likeness (QED) is 0.854. The van der Waals surface area contributed by atoms with E-state index in [1.54, 1.807) is 0 Å². The van der Waals surface area contributed by atoms with Gasteiger partial charge in [0.25, 0.3) is 0 Å². The van der Waals surface area contributed by atoms with Crippen molar-refractivity contribution >= 4 is 11.6 Å². The van der Waals surface area contributed by atoms with Gasteiger partial charge in [0.2, 0.25) is 5.91 Å². The highest BCUT2D eigenvalue weighted by Gasteiger charge is 2.28. The standard InChI is InChI=1S/C16H25N3O/c1-12(13-4-6-14(17)7-5-13)10-16(20)19-9-8-15(11-19)18(2)3/h4-7,12,15H,8-11,17H2,1-3H3. The van der Waals surface area contributed by atoms with Gasteiger partial charge in [-0.05, 0) is 44.1 Å². The number of rotatable bonds is 4. The molecule has 0 aliphatic carbocycles. The Morgan fingerprint density at radius 2 is 2.05 bits per heavy atom. The van der Waals surface area contributed by atoms with Crippen LogP contribution in [0.25, 0.3) is 0 Å². The zero-order valence-electron chi connectivity index (χ0n) is 12.7. The summed E-state index contributed by atoms with van der Waals surface area (Å²) < 4.78 is 0. The van der Waals surface area contributed by atoms with Gasteiger partial charge in [0.05, 0.1) is 0 Å². The predicted octanol–water partition coefficient (Wildman–Crippen LogP) is 1.92. The fraction of sp³-hybridized carbons (Fsp3) is 0.562. The van der Waals surface area contributed by atoms with Crippen LogP contribution in [0.3, 0.4) is 0 Å². The summed E-state index contributed by atoms with van der Waals surface area (Å²) in [5.41, 5.74) is 7.63. The number of hydrogen-bond acceptors (Lipinski definition) is 3. The van der Waals surface area contributed by atoms with E-state index in [0.29, 0.717) is 12.5 Å². The first-order valence-corrected chi connectivity index (χ1v) is 7.27. The van der Waals surface area contributed by atoms with E-state index in [2.05, 4.69) is 25.9 Å². The van der Waals surface area contributed by atoms with Gasteiger partial charge in [-0.15, -0.1) is 0 Å². The molecular weight excluding hydrogens is 250 g/mol. The molecule has 1 fully saturated rings. The number of anilines is 1. The Labute approximate surface area is 121 Å². The summed E-state index contributed by atoms with van der Waals surface area (Å²) in [7, 11) is 4.16. The van der Waals surface area contributed by atoms with Crippen LogP contribution in [0.15, 0.2) is 24.3 Å². The molecule has 110 valence electrons. The lowest BCUT2D eigenvalue weighted by molar-refractivity contribution is -0.130. The summed E-state index contributed by atoms with van der Waals surface area (Å²) in [6, 6.07) is 8.33. The lowest BCUT2D eigenvalue weighted by Gasteiger charge is -2.22. The Morgan fingerprint density at radius 3 is 2.60 bits per heavy atom. The zero-order chi connectivity index (χ0) is 14.7. The Kier molecular flexibility index (Phi) is 4.65. The lowest BCUT2D eigenvalue weighted by atomic mass is 9.97. The molecule has 1 saturated heterocycles. The molecule has 4 heteroatoms. The summed E-state index contributed by atoms with van der Waals surface area (Å²) in [5, 5.41) is 0. The fourth-order valence-corrected chi connectivity index (χ4v) is 2.72. The number of carbonyl (C=O) groups is 1. The third kappa shape index (κ3) is 3.51. The maximum atomic E-state index is 12.3. The Bertz CT molecular complexity index is 455. The summed E-state index contributed by atoms with van der Waals surface area (Å²) in [5.74, 6) is 0.500. The van der Waals surface area contributed by atoms with Crippen molar-refractivity contribution in [3.63, 3.8) is 0 Å². The van der Waals surface area contributed by atoms with Crippen molar-refractivity contribution in [3.05, 3.63) is 29.8 Å². The lowest BCUT2D eigenvalue weighted by Crippen LogP contribution is -2.34. The molecular formula is C16H25N3O. The number of hydrogen-bond donors (Lipinski definition) is 1. The van der Waals surface area contributed by atoms with E-state index in [0.717, 1.165) is 25.2 Å². The summed E-state index contributed by atoms with van der Waals surface area (Å²) in [6.45, 7) is 3.85. The minimum atomic E-state index is 0.238. The summed E-state index contributed by atoms with van der Waals surface area (Å²) >= 11 is 0. The molecule has 1 aliphatic heterocycles. The number of amides is 1. The van der Waals surface area contributed by atoms with Crippen LogP contribution in [-0.4, -0.2) is 48.9 Å². The van der Waals surface area contributed by atoms with Crippen molar-refractivity contribution in [2.45, 2.75) is 31.7 Å².